The minimum absolute atomic E-state index is 0.0384. The van der Waals surface area contributed by atoms with Crippen LogP contribution in [0.1, 0.15) is 19.6 Å². The van der Waals surface area contributed by atoms with Gasteiger partial charge in [-0.1, -0.05) is 0 Å². The molecule has 1 aliphatic heterocycles. The third-order valence-electron chi connectivity index (χ3n) is 3.67. The van der Waals surface area contributed by atoms with Crippen molar-refractivity contribution in [3.63, 3.8) is 0 Å². The molecule has 2 aromatic rings. The SMILES string of the molecule is CCOc1nc(N)nc2c1ncn2C1OC(CCO)C(O)C1F. The quantitative estimate of drug-likeness (QED) is 0.688. The van der Waals surface area contributed by atoms with Crippen LogP contribution in [0, 0.1) is 0 Å². The topological polar surface area (TPSA) is 129 Å². The summed E-state index contributed by atoms with van der Waals surface area (Å²) >= 11 is 0. The molecule has 23 heavy (non-hydrogen) atoms. The number of nitrogens with two attached hydrogens (primary N) is 1. The molecule has 0 amide bonds. The van der Waals surface area contributed by atoms with Gasteiger partial charge in [0, 0.05) is 6.61 Å². The van der Waals surface area contributed by atoms with Gasteiger partial charge in [0.25, 0.3) is 0 Å². The number of anilines is 1. The third kappa shape index (κ3) is 2.69. The fourth-order valence-electron chi connectivity index (χ4n) is 2.62. The normalized spacial score (nSPS) is 27.7. The Morgan fingerprint density at radius 2 is 2.26 bits per heavy atom. The van der Waals surface area contributed by atoms with E-state index in [-0.39, 0.29) is 30.5 Å². The van der Waals surface area contributed by atoms with Crippen molar-refractivity contribution in [1.29, 1.82) is 0 Å². The van der Waals surface area contributed by atoms with Crippen LogP contribution in [0.15, 0.2) is 6.33 Å². The van der Waals surface area contributed by atoms with Crippen molar-refractivity contribution in [3.05, 3.63) is 6.33 Å². The second-order valence-electron chi connectivity index (χ2n) is 5.16. The maximum atomic E-state index is 14.4. The van der Waals surface area contributed by atoms with Crippen molar-refractivity contribution in [2.75, 3.05) is 18.9 Å². The minimum Gasteiger partial charge on any atom is -0.476 e. The Labute approximate surface area is 130 Å². The number of halogens is 1. The van der Waals surface area contributed by atoms with E-state index in [0.717, 1.165) is 0 Å². The van der Waals surface area contributed by atoms with Gasteiger partial charge in [-0.3, -0.25) is 4.57 Å². The Bertz CT molecular complexity index is 696. The van der Waals surface area contributed by atoms with Crippen LogP contribution in [0.5, 0.6) is 5.88 Å². The van der Waals surface area contributed by atoms with E-state index in [1.54, 1.807) is 6.92 Å². The van der Waals surface area contributed by atoms with E-state index in [1.165, 1.54) is 10.9 Å². The molecule has 0 aromatic carbocycles. The molecule has 0 aliphatic carbocycles. The first-order valence-corrected chi connectivity index (χ1v) is 7.28. The second kappa shape index (κ2) is 6.22. The molecular formula is C13H18FN5O4. The number of ether oxygens (including phenoxy) is 2. The third-order valence-corrected chi connectivity index (χ3v) is 3.67. The highest BCUT2D eigenvalue weighted by Gasteiger charge is 2.45. The van der Waals surface area contributed by atoms with Gasteiger partial charge in [0.1, 0.15) is 6.10 Å². The molecule has 0 saturated carbocycles. The summed E-state index contributed by atoms with van der Waals surface area (Å²) in [6.07, 6.45) is -3.47. The smallest absolute Gasteiger partial charge is 0.247 e. The summed E-state index contributed by atoms with van der Waals surface area (Å²) in [6, 6.07) is 0. The lowest BCUT2D eigenvalue weighted by Gasteiger charge is -2.15. The van der Waals surface area contributed by atoms with E-state index in [9.17, 15) is 9.50 Å². The fraction of sp³-hybridized carbons (Fsp3) is 0.615. The molecule has 3 heterocycles. The molecule has 0 spiro atoms. The van der Waals surface area contributed by atoms with Gasteiger partial charge in [-0.2, -0.15) is 9.97 Å². The van der Waals surface area contributed by atoms with Crippen LogP contribution >= 0.6 is 0 Å². The van der Waals surface area contributed by atoms with E-state index in [4.69, 9.17) is 20.3 Å². The standard InChI is InChI=1S/C13H18FN5O4/c1-2-22-11-8-10(17-13(15)18-11)19(5-16-8)12-7(14)9(21)6(23-12)3-4-20/h5-7,9,12,20-21H,2-4H2,1H3,(H2,15,17,18). The van der Waals surface area contributed by atoms with Crippen LogP contribution in [-0.2, 0) is 4.74 Å². The van der Waals surface area contributed by atoms with Crippen LogP contribution in [0.25, 0.3) is 11.2 Å². The van der Waals surface area contributed by atoms with E-state index in [2.05, 4.69) is 15.0 Å². The van der Waals surface area contributed by atoms with E-state index < -0.39 is 24.6 Å². The van der Waals surface area contributed by atoms with Gasteiger partial charge in [-0.15, -0.1) is 0 Å². The number of rotatable bonds is 5. The Morgan fingerprint density at radius 1 is 1.48 bits per heavy atom. The lowest BCUT2D eigenvalue weighted by Crippen LogP contribution is -2.29. The highest BCUT2D eigenvalue weighted by atomic mass is 19.1. The highest BCUT2D eigenvalue weighted by molar-refractivity contribution is 5.77. The summed E-state index contributed by atoms with van der Waals surface area (Å²) in [4.78, 5) is 12.2. The molecule has 3 rings (SSSR count). The van der Waals surface area contributed by atoms with Gasteiger partial charge < -0.3 is 25.4 Å². The number of imidazole rings is 1. The molecule has 0 bridgehead atoms. The second-order valence-corrected chi connectivity index (χ2v) is 5.16. The maximum absolute atomic E-state index is 14.4. The molecule has 10 heteroatoms. The zero-order valence-electron chi connectivity index (χ0n) is 12.5. The summed E-state index contributed by atoms with van der Waals surface area (Å²) in [7, 11) is 0. The van der Waals surface area contributed by atoms with Gasteiger partial charge >= 0.3 is 0 Å². The number of aliphatic hydroxyl groups is 2. The Kier molecular flexibility index (Phi) is 4.28. The van der Waals surface area contributed by atoms with Gasteiger partial charge in [-0.25, -0.2) is 9.37 Å². The number of nitrogen functional groups attached to an aromatic ring is 1. The zero-order chi connectivity index (χ0) is 16.6. The van der Waals surface area contributed by atoms with Gasteiger partial charge in [0.15, 0.2) is 23.6 Å². The first-order valence-electron chi connectivity index (χ1n) is 7.28. The molecule has 1 aliphatic rings. The van der Waals surface area contributed by atoms with Crippen molar-refractivity contribution in [2.24, 2.45) is 0 Å². The van der Waals surface area contributed by atoms with E-state index >= 15 is 0 Å². The number of aromatic nitrogens is 4. The van der Waals surface area contributed by atoms with Crippen molar-refractivity contribution >= 4 is 17.1 Å². The highest BCUT2D eigenvalue weighted by Crippen LogP contribution is 2.35. The molecular weight excluding hydrogens is 309 g/mol. The number of alkyl halides is 1. The van der Waals surface area contributed by atoms with Crippen LogP contribution in [0.4, 0.5) is 10.3 Å². The summed E-state index contributed by atoms with van der Waals surface area (Å²) in [5, 5.41) is 18.9. The first kappa shape index (κ1) is 15.8. The summed E-state index contributed by atoms with van der Waals surface area (Å²) < 4.78 is 26.6. The predicted molar refractivity (Wildman–Crippen MR) is 77.4 cm³/mol. The van der Waals surface area contributed by atoms with E-state index in [0.29, 0.717) is 12.1 Å². The molecule has 4 unspecified atom stereocenters. The van der Waals surface area contributed by atoms with Crippen molar-refractivity contribution in [2.45, 2.75) is 38.0 Å². The summed E-state index contributed by atoms with van der Waals surface area (Å²) in [5.74, 6) is 0.165. The molecule has 1 saturated heterocycles. The van der Waals surface area contributed by atoms with Crippen LogP contribution < -0.4 is 10.5 Å². The van der Waals surface area contributed by atoms with E-state index in [1.807, 2.05) is 0 Å². The molecule has 2 aromatic heterocycles. The number of hydrogen-bond acceptors (Lipinski definition) is 8. The lowest BCUT2D eigenvalue weighted by molar-refractivity contribution is -0.0317. The van der Waals surface area contributed by atoms with Gasteiger partial charge in [0.2, 0.25) is 11.8 Å². The number of fused-ring (bicyclic) bond motifs is 1. The lowest BCUT2D eigenvalue weighted by atomic mass is 10.1. The van der Waals surface area contributed by atoms with Gasteiger partial charge in [0.05, 0.1) is 19.0 Å². The monoisotopic (exact) mass is 327 g/mol. The van der Waals surface area contributed by atoms with Crippen molar-refractivity contribution in [3.8, 4) is 5.88 Å². The maximum Gasteiger partial charge on any atom is 0.247 e. The Balaban J connectivity index is 2.00. The molecule has 1 fully saturated rings. The Morgan fingerprint density at radius 3 is 2.96 bits per heavy atom. The average molecular weight is 327 g/mol. The summed E-state index contributed by atoms with van der Waals surface area (Å²) in [6.45, 7) is 1.94. The fourth-order valence-corrected chi connectivity index (χ4v) is 2.62. The molecule has 4 atom stereocenters. The van der Waals surface area contributed by atoms with Crippen LogP contribution in [0.3, 0.4) is 0 Å². The van der Waals surface area contributed by atoms with Crippen LogP contribution in [0.2, 0.25) is 0 Å². The summed E-state index contributed by atoms with van der Waals surface area (Å²) in [5.41, 5.74) is 6.24. The number of aliphatic hydroxyl groups excluding tert-OH is 2. The van der Waals surface area contributed by atoms with Gasteiger partial charge in [-0.05, 0) is 13.3 Å². The first-order chi connectivity index (χ1) is 11.1. The number of nitrogens with zero attached hydrogens (tertiary/aromatic N) is 4. The molecule has 126 valence electrons. The number of hydrogen-bond donors (Lipinski definition) is 3. The Hall–Kier alpha value is -2.04. The minimum atomic E-state index is -1.68. The largest absolute Gasteiger partial charge is 0.476 e. The molecule has 4 N–H and O–H groups in total. The van der Waals surface area contributed by atoms with Crippen molar-refractivity contribution in [1.82, 2.24) is 19.5 Å². The van der Waals surface area contributed by atoms with Crippen molar-refractivity contribution < 1.29 is 24.1 Å². The molecule has 0 radical (unpaired) electrons. The van der Waals surface area contributed by atoms with Crippen LogP contribution in [-0.4, -0.2) is 61.3 Å². The molecule has 9 nitrogen and oxygen atoms in total. The zero-order valence-corrected chi connectivity index (χ0v) is 12.5. The predicted octanol–water partition coefficient (Wildman–Crippen LogP) is -0.214. The average Bonchev–Trinajstić information content (AvgIpc) is 3.04.